The van der Waals surface area contributed by atoms with E-state index in [-0.39, 0.29) is 11.6 Å². The van der Waals surface area contributed by atoms with Crippen LogP contribution in [0, 0.1) is 17.0 Å². The monoisotopic (exact) mass is 311 g/mol. The van der Waals surface area contributed by atoms with E-state index in [1.807, 2.05) is 0 Å². The molecule has 22 heavy (non-hydrogen) atoms. The Hall–Kier alpha value is -1.78. The number of anilines is 1. The minimum Gasteiger partial charge on any atom is -0.309 e. The molecule has 1 aromatic rings. The molecule has 0 fully saturated rings. The number of hydrogen-bond acceptors (Lipinski definition) is 2. The van der Waals surface area contributed by atoms with Crippen LogP contribution in [0.25, 0.3) is 0 Å². The molecule has 0 aliphatic rings. The molecule has 1 rings (SSSR count). The molecule has 0 spiro atoms. The van der Waals surface area contributed by atoms with Crippen molar-refractivity contribution in [3.05, 3.63) is 29.8 Å². The van der Waals surface area contributed by atoms with Gasteiger partial charge in [-0.1, -0.05) is 27.2 Å². The number of halogens is 2. The van der Waals surface area contributed by atoms with E-state index in [2.05, 4.69) is 0 Å². The van der Waals surface area contributed by atoms with E-state index in [1.54, 1.807) is 20.8 Å². The number of unbranched alkanes of at least 4 members (excludes halogenated alkanes) is 3. The summed E-state index contributed by atoms with van der Waals surface area (Å²) in [5.74, 6) is -1.63. The fraction of sp³-hybridized carbons (Fsp3) is 0.529. The fourth-order valence-corrected chi connectivity index (χ4v) is 2.11. The number of amides is 1. The highest BCUT2D eigenvalue weighted by Gasteiger charge is 2.29. The molecular weight excluding hydrogens is 288 g/mol. The van der Waals surface area contributed by atoms with Crippen molar-refractivity contribution < 1.29 is 18.4 Å². The number of carbonyl (C=O) groups excluding carboxylic acids is 2. The molecule has 3 nitrogen and oxygen atoms in total. The smallest absolute Gasteiger partial charge is 0.232 e. The first kappa shape index (κ1) is 18.3. The third-order valence-electron chi connectivity index (χ3n) is 3.29. The zero-order valence-electron chi connectivity index (χ0n) is 13.4. The average molecular weight is 311 g/mol. The number of nitrogens with zero attached hydrogens (tertiary/aromatic N) is 1. The van der Waals surface area contributed by atoms with Gasteiger partial charge in [0.2, 0.25) is 5.91 Å². The standard InChI is InChI=1S/C17H23F2NO2/c1-17(2,3)16(22)20(10-6-4-5-7-11-21)15-9-8-13(18)12-14(15)19/h8-9,11-12H,4-7,10H2,1-3H3. The van der Waals surface area contributed by atoms with Crippen LogP contribution in [0.2, 0.25) is 0 Å². The molecule has 0 aliphatic heterocycles. The second-order valence-electron chi connectivity index (χ2n) is 6.32. The SMILES string of the molecule is CC(C)(C)C(=O)N(CCCCCC=O)c1ccc(F)cc1F. The second kappa shape index (κ2) is 8.01. The summed E-state index contributed by atoms with van der Waals surface area (Å²) in [6.45, 7) is 5.62. The molecule has 0 saturated heterocycles. The van der Waals surface area contributed by atoms with Crippen molar-refractivity contribution in [1.82, 2.24) is 0 Å². The van der Waals surface area contributed by atoms with Crippen LogP contribution in [0.5, 0.6) is 0 Å². The van der Waals surface area contributed by atoms with Gasteiger partial charge in [0, 0.05) is 24.4 Å². The number of carbonyl (C=O) groups is 2. The van der Waals surface area contributed by atoms with Gasteiger partial charge in [0.25, 0.3) is 0 Å². The summed E-state index contributed by atoms with van der Waals surface area (Å²) >= 11 is 0. The largest absolute Gasteiger partial charge is 0.309 e. The maximum Gasteiger partial charge on any atom is 0.232 e. The van der Waals surface area contributed by atoms with Crippen LogP contribution in [0.3, 0.4) is 0 Å². The van der Waals surface area contributed by atoms with Crippen LogP contribution in [-0.4, -0.2) is 18.7 Å². The fourth-order valence-electron chi connectivity index (χ4n) is 2.11. The molecular formula is C17H23F2NO2. The van der Waals surface area contributed by atoms with Gasteiger partial charge < -0.3 is 9.69 Å². The van der Waals surface area contributed by atoms with Crippen LogP contribution < -0.4 is 4.90 Å². The van der Waals surface area contributed by atoms with Crippen LogP contribution in [-0.2, 0) is 9.59 Å². The highest BCUT2D eigenvalue weighted by atomic mass is 19.1. The van der Waals surface area contributed by atoms with Crippen LogP contribution >= 0.6 is 0 Å². The summed E-state index contributed by atoms with van der Waals surface area (Å²) in [5, 5.41) is 0. The van der Waals surface area contributed by atoms with Crippen molar-refractivity contribution >= 4 is 17.9 Å². The zero-order valence-corrected chi connectivity index (χ0v) is 13.4. The first-order valence-electron chi connectivity index (χ1n) is 7.48. The van der Waals surface area contributed by atoms with Gasteiger partial charge in [0.05, 0.1) is 5.69 Å². The summed E-state index contributed by atoms with van der Waals surface area (Å²) in [4.78, 5) is 24.2. The van der Waals surface area contributed by atoms with Gasteiger partial charge in [-0.2, -0.15) is 0 Å². The second-order valence-corrected chi connectivity index (χ2v) is 6.32. The Morgan fingerprint density at radius 1 is 1.18 bits per heavy atom. The predicted molar refractivity (Wildman–Crippen MR) is 82.7 cm³/mol. The van der Waals surface area contributed by atoms with E-state index in [0.29, 0.717) is 19.4 Å². The molecule has 0 aromatic heterocycles. The van der Waals surface area contributed by atoms with Gasteiger partial charge >= 0.3 is 0 Å². The molecule has 0 aliphatic carbocycles. The minimum atomic E-state index is -0.745. The third-order valence-corrected chi connectivity index (χ3v) is 3.29. The predicted octanol–water partition coefficient (Wildman–Crippen LogP) is 4.10. The van der Waals surface area contributed by atoms with Gasteiger partial charge in [-0.25, -0.2) is 8.78 Å². The number of rotatable bonds is 7. The lowest BCUT2D eigenvalue weighted by Crippen LogP contribution is -2.40. The summed E-state index contributed by atoms with van der Waals surface area (Å²) in [5.41, 5.74) is -0.569. The van der Waals surface area contributed by atoms with Crippen LogP contribution in [0.1, 0.15) is 46.5 Å². The quantitative estimate of drug-likeness (QED) is 0.561. The molecule has 0 unspecified atom stereocenters. The van der Waals surface area contributed by atoms with Crippen molar-refractivity contribution in [3.63, 3.8) is 0 Å². The lowest BCUT2D eigenvalue weighted by molar-refractivity contribution is -0.125. The van der Waals surface area contributed by atoms with Crippen LogP contribution in [0.15, 0.2) is 18.2 Å². The molecule has 1 amide bonds. The maximum absolute atomic E-state index is 14.0. The van der Waals surface area contributed by atoms with E-state index in [1.165, 1.54) is 11.0 Å². The minimum absolute atomic E-state index is 0.0942. The van der Waals surface area contributed by atoms with Gasteiger partial charge in [-0.15, -0.1) is 0 Å². The summed E-state index contributed by atoms with van der Waals surface area (Å²) < 4.78 is 27.1. The molecule has 0 saturated carbocycles. The van der Waals surface area contributed by atoms with E-state index in [9.17, 15) is 18.4 Å². The zero-order chi connectivity index (χ0) is 16.8. The molecule has 1 aromatic carbocycles. The Kier molecular flexibility index (Phi) is 6.65. The highest BCUT2D eigenvalue weighted by molar-refractivity contribution is 5.97. The lowest BCUT2D eigenvalue weighted by atomic mass is 9.94. The van der Waals surface area contributed by atoms with Gasteiger partial charge in [0.1, 0.15) is 17.9 Å². The van der Waals surface area contributed by atoms with Crippen molar-refractivity contribution in [1.29, 1.82) is 0 Å². The number of benzene rings is 1. The topological polar surface area (TPSA) is 37.4 Å². The van der Waals surface area contributed by atoms with E-state index in [4.69, 9.17) is 0 Å². The maximum atomic E-state index is 14.0. The van der Waals surface area contributed by atoms with E-state index >= 15 is 0 Å². The number of hydrogen-bond donors (Lipinski definition) is 0. The Labute approximate surface area is 130 Å². The average Bonchev–Trinajstić information content (AvgIpc) is 2.42. The molecule has 0 atom stereocenters. The molecule has 5 heteroatoms. The number of aldehydes is 1. The summed E-state index contributed by atoms with van der Waals surface area (Å²) in [6, 6.07) is 3.22. The Bertz CT molecular complexity index is 524. The van der Waals surface area contributed by atoms with Gasteiger partial charge in [-0.05, 0) is 25.0 Å². The Morgan fingerprint density at radius 3 is 2.41 bits per heavy atom. The van der Waals surface area contributed by atoms with Gasteiger partial charge in [0.15, 0.2) is 0 Å². The molecule has 0 radical (unpaired) electrons. The molecule has 0 N–H and O–H groups in total. The first-order chi connectivity index (χ1) is 10.3. The Balaban J connectivity index is 2.91. The van der Waals surface area contributed by atoms with Crippen molar-refractivity contribution in [3.8, 4) is 0 Å². The van der Waals surface area contributed by atoms with Crippen LogP contribution in [0.4, 0.5) is 14.5 Å². The van der Waals surface area contributed by atoms with E-state index < -0.39 is 17.0 Å². The normalized spacial score (nSPS) is 11.3. The highest BCUT2D eigenvalue weighted by Crippen LogP contribution is 2.26. The van der Waals surface area contributed by atoms with E-state index in [0.717, 1.165) is 31.3 Å². The van der Waals surface area contributed by atoms with Crippen molar-refractivity contribution in [2.45, 2.75) is 46.5 Å². The van der Waals surface area contributed by atoms with Crippen molar-refractivity contribution in [2.24, 2.45) is 5.41 Å². The van der Waals surface area contributed by atoms with Gasteiger partial charge in [-0.3, -0.25) is 4.79 Å². The van der Waals surface area contributed by atoms with Crippen molar-refractivity contribution in [2.75, 3.05) is 11.4 Å². The first-order valence-corrected chi connectivity index (χ1v) is 7.48. The molecule has 122 valence electrons. The summed E-state index contributed by atoms with van der Waals surface area (Å²) in [6.07, 6.45) is 3.52. The molecule has 0 bridgehead atoms. The lowest BCUT2D eigenvalue weighted by Gasteiger charge is -2.30. The summed E-state index contributed by atoms with van der Waals surface area (Å²) in [7, 11) is 0. The molecule has 0 heterocycles. The Morgan fingerprint density at radius 2 is 1.86 bits per heavy atom. The third kappa shape index (κ3) is 5.20.